The summed E-state index contributed by atoms with van der Waals surface area (Å²) in [7, 11) is -1.74. The number of hydrogen-bond acceptors (Lipinski definition) is 0. The van der Waals surface area contributed by atoms with Gasteiger partial charge in [-0.1, -0.05) is 194 Å². The van der Waals surface area contributed by atoms with Crippen molar-refractivity contribution in [3.05, 3.63) is 193 Å². The maximum atomic E-state index is 2.45. The summed E-state index contributed by atoms with van der Waals surface area (Å²) < 4.78 is 0. The van der Waals surface area contributed by atoms with Gasteiger partial charge in [-0.25, -0.2) is 0 Å². The van der Waals surface area contributed by atoms with Gasteiger partial charge < -0.3 is 0 Å². The maximum absolute atomic E-state index is 2.45. The van der Waals surface area contributed by atoms with Crippen LogP contribution in [0.5, 0.6) is 0 Å². The molecule has 0 saturated heterocycles. The molecule has 0 N–H and O–H groups in total. The monoisotopic (exact) mass is 664 g/mol. The van der Waals surface area contributed by atoms with Crippen LogP contribution in [0.15, 0.2) is 182 Å². The fraction of sp³-hybridized carbons (Fsp3) is 0.0638. The van der Waals surface area contributed by atoms with Crippen molar-refractivity contribution < 1.29 is 0 Å². The number of rotatable bonds is 8. The standard InChI is InChI=1S/C47H38P2/c1-3-35-25-29-43-37(33-35)27-31-45(49(40-20-12-6-13-21-40)41-22-14-7-15-23-41)47(43)46-42-28-24-34(2)32-36(42)26-30-44(46)48(38-16-8-4-9-17-38)39-18-10-5-11-19-39/h4-33H,3H2,1-2H3. The van der Waals surface area contributed by atoms with Gasteiger partial charge in [-0.15, -0.1) is 0 Å². The van der Waals surface area contributed by atoms with E-state index in [1.165, 1.54) is 75.6 Å². The van der Waals surface area contributed by atoms with E-state index in [0.717, 1.165) is 6.42 Å². The topological polar surface area (TPSA) is 0 Å². The van der Waals surface area contributed by atoms with Crippen LogP contribution in [0.3, 0.4) is 0 Å². The van der Waals surface area contributed by atoms with Gasteiger partial charge in [0.1, 0.15) is 0 Å². The van der Waals surface area contributed by atoms with Crippen molar-refractivity contribution in [2.45, 2.75) is 20.3 Å². The van der Waals surface area contributed by atoms with Crippen LogP contribution in [0.25, 0.3) is 32.7 Å². The van der Waals surface area contributed by atoms with Gasteiger partial charge in [0, 0.05) is 0 Å². The van der Waals surface area contributed by atoms with Crippen LogP contribution in [0.4, 0.5) is 0 Å². The van der Waals surface area contributed by atoms with Gasteiger partial charge in [-0.05, 0) is 99.3 Å². The Balaban J connectivity index is 1.55. The Hall–Kier alpha value is -4.86. The Kier molecular flexibility index (Phi) is 8.93. The van der Waals surface area contributed by atoms with E-state index in [4.69, 9.17) is 0 Å². The molecule has 0 bridgehead atoms. The highest BCUT2D eigenvalue weighted by Gasteiger charge is 2.28. The van der Waals surface area contributed by atoms with Gasteiger partial charge >= 0.3 is 0 Å². The molecule has 49 heavy (non-hydrogen) atoms. The van der Waals surface area contributed by atoms with Crippen molar-refractivity contribution >= 4 is 69.2 Å². The van der Waals surface area contributed by atoms with Gasteiger partial charge in [-0.3, -0.25) is 0 Å². The van der Waals surface area contributed by atoms with Crippen molar-refractivity contribution in [2.24, 2.45) is 0 Å². The molecule has 8 aromatic carbocycles. The molecule has 0 radical (unpaired) electrons. The van der Waals surface area contributed by atoms with E-state index in [9.17, 15) is 0 Å². The van der Waals surface area contributed by atoms with Gasteiger partial charge in [0.2, 0.25) is 0 Å². The first-order valence-electron chi connectivity index (χ1n) is 17.1. The molecule has 8 aromatic rings. The molecule has 0 atom stereocenters. The average molecular weight is 665 g/mol. The third-order valence-electron chi connectivity index (χ3n) is 9.41. The molecular weight excluding hydrogens is 626 g/mol. The van der Waals surface area contributed by atoms with Crippen molar-refractivity contribution in [2.75, 3.05) is 0 Å². The zero-order chi connectivity index (χ0) is 33.2. The molecule has 0 unspecified atom stereocenters. The SMILES string of the molecule is CCc1ccc2c(-c3c(P(c4ccccc4)c4ccccc4)ccc4cc(C)ccc34)c(P(c3ccccc3)c3ccccc3)ccc2c1. The number of aryl methyl sites for hydroxylation is 2. The second-order valence-corrected chi connectivity index (χ2v) is 16.9. The summed E-state index contributed by atoms with van der Waals surface area (Å²) in [6.45, 7) is 4.45. The summed E-state index contributed by atoms with van der Waals surface area (Å²) in [5.74, 6) is 0. The number of benzene rings is 8. The lowest BCUT2D eigenvalue weighted by Gasteiger charge is -2.28. The van der Waals surface area contributed by atoms with Crippen LogP contribution in [0.1, 0.15) is 18.1 Å². The van der Waals surface area contributed by atoms with Crippen molar-refractivity contribution in [1.29, 1.82) is 0 Å². The third kappa shape index (κ3) is 6.13. The number of fused-ring (bicyclic) bond motifs is 2. The smallest absolute Gasteiger partial charge is 0.000883 e. The van der Waals surface area contributed by atoms with E-state index in [1.54, 1.807) is 0 Å². The molecule has 0 aliphatic rings. The van der Waals surface area contributed by atoms with Gasteiger partial charge in [0.15, 0.2) is 0 Å². The summed E-state index contributed by atoms with van der Waals surface area (Å²) in [5, 5.41) is 13.5. The molecule has 2 heteroatoms. The highest BCUT2D eigenvalue weighted by Crippen LogP contribution is 2.45. The molecule has 0 saturated carbocycles. The van der Waals surface area contributed by atoms with E-state index in [2.05, 4.69) is 196 Å². The van der Waals surface area contributed by atoms with Crippen LogP contribution in [-0.4, -0.2) is 0 Å². The molecule has 0 nitrogen and oxygen atoms in total. The van der Waals surface area contributed by atoms with Crippen LogP contribution in [0.2, 0.25) is 0 Å². The lowest BCUT2D eigenvalue weighted by molar-refractivity contribution is 1.15. The molecule has 0 aromatic heterocycles. The maximum Gasteiger partial charge on any atom is -0.000883 e. The summed E-state index contributed by atoms with van der Waals surface area (Å²) in [4.78, 5) is 0. The lowest BCUT2D eigenvalue weighted by atomic mass is 9.92. The van der Waals surface area contributed by atoms with Crippen LogP contribution in [0, 0.1) is 6.92 Å². The zero-order valence-electron chi connectivity index (χ0n) is 27.9. The Morgan fingerprint density at radius 1 is 0.388 bits per heavy atom. The van der Waals surface area contributed by atoms with E-state index < -0.39 is 15.8 Å². The second kappa shape index (κ2) is 13.9. The minimum atomic E-state index is -0.869. The highest BCUT2D eigenvalue weighted by atomic mass is 31.1. The largest absolute Gasteiger partial charge is 0.0622 e. The number of hydrogen-bond donors (Lipinski definition) is 0. The molecule has 0 spiro atoms. The fourth-order valence-corrected chi connectivity index (χ4v) is 12.0. The third-order valence-corrected chi connectivity index (χ3v) is 14.4. The van der Waals surface area contributed by atoms with Crippen molar-refractivity contribution in [1.82, 2.24) is 0 Å². The second-order valence-electron chi connectivity index (χ2n) is 12.6. The highest BCUT2D eigenvalue weighted by molar-refractivity contribution is 7.80. The molecule has 0 aliphatic carbocycles. The van der Waals surface area contributed by atoms with Gasteiger partial charge in [0.25, 0.3) is 0 Å². The van der Waals surface area contributed by atoms with Gasteiger partial charge in [-0.2, -0.15) is 0 Å². The molecule has 8 rings (SSSR count). The molecule has 0 fully saturated rings. The summed E-state index contributed by atoms with van der Waals surface area (Å²) in [6.07, 6.45) is 1.01. The average Bonchev–Trinajstić information content (AvgIpc) is 3.16. The molecular formula is C47H38P2. The molecule has 0 heterocycles. The summed E-state index contributed by atoms with van der Waals surface area (Å²) in [6, 6.07) is 68.4. The molecule has 0 aliphatic heterocycles. The van der Waals surface area contributed by atoms with Crippen LogP contribution >= 0.6 is 15.8 Å². The fourth-order valence-electron chi connectivity index (χ4n) is 7.09. The van der Waals surface area contributed by atoms with Crippen LogP contribution in [-0.2, 0) is 6.42 Å². The Labute approximate surface area is 292 Å². The van der Waals surface area contributed by atoms with E-state index in [0.29, 0.717) is 0 Å². The van der Waals surface area contributed by atoms with Gasteiger partial charge in [0.05, 0.1) is 0 Å². The van der Waals surface area contributed by atoms with E-state index >= 15 is 0 Å². The zero-order valence-corrected chi connectivity index (χ0v) is 29.7. The Bertz CT molecular complexity index is 2290. The quantitative estimate of drug-likeness (QED) is 0.142. The molecule has 0 amide bonds. The summed E-state index contributed by atoms with van der Waals surface area (Å²) in [5.41, 5.74) is 5.37. The first-order chi connectivity index (χ1) is 24.2. The lowest BCUT2D eigenvalue weighted by Crippen LogP contribution is -2.26. The first kappa shape index (κ1) is 31.4. The normalized spacial score (nSPS) is 11.5. The predicted molar refractivity (Wildman–Crippen MR) is 218 cm³/mol. The van der Waals surface area contributed by atoms with Crippen molar-refractivity contribution in [3.8, 4) is 11.1 Å². The predicted octanol–water partition coefficient (Wildman–Crippen LogP) is 10.0. The Morgan fingerprint density at radius 3 is 1.18 bits per heavy atom. The molecule has 236 valence electrons. The minimum absolute atomic E-state index is 0.869. The first-order valence-corrected chi connectivity index (χ1v) is 19.8. The van der Waals surface area contributed by atoms with Crippen molar-refractivity contribution in [3.63, 3.8) is 0 Å². The summed E-state index contributed by atoms with van der Waals surface area (Å²) >= 11 is 0. The van der Waals surface area contributed by atoms with E-state index in [-0.39, 0.29) is 0 Å². The van der Waals surface area contributed by atoms with E-state index in [1.807, 2.05) is 0 Å². The Morgan fingerprint density at radius 2 is 0.776 bits per heavy atom. The van der Waals surface area contributed by atoms with Crippen LogP contribution < -0.4 is 31.8 Å². The minimum Gasteiger partial charge on any atom is -0.0622 e.